The maximum atomic E-state index is 14.0. The molecule has 40 heavy (non-hydrogen) atoms. The van der Waals surface area contributed by atoms with Gasteiger partial charge < -0.3 is 23.7 Å². The predicted octanol–water partition coefficient (Wildman–Crippen LogP) is 3.62. The Balaban J connectivity index is 1.87. The molecule has 1 atom stereocenters. The maximum absolute atomic E-state index is 14.0. The Labute approximate surface area is 236 Å². The highest BCUT2D eigenvalue weighted by molar-refractivity contribution is 7.07. The van der Waals surface area contributed by atoms with Crippen LogP contribution in [0.15, 0.2) is 63.5 Å². The lowest BCUT2D eigenvalue weighted by atomic mass is 9.95. The van der Waals surface area contributed by atoms with Gasteiger partial charge in [0.1, 0.15) is 18.4 Å². The van der Waals surface area contributed by atoms with E-state index in [1.165, 1.54) is 23.0 Å². The standard InChI is InChI=1S/C30H34N2O7S/c1-7-37-24-16-20(12-13-23(24)39-18(2)3)17-25-28(33)32-27(21-10-8-9-11-22(21)36-6)26(19(4)31-30(32)40-25)29(34)38-15-14-35-5/h8-13,16-18,27H,7,14-15H2,1-6H3. The molecule has 4 rings (SSSR count). The van der Waals surface area contributed by atoms with Crippen molar-refractivity contribution in [3.8, 4) is 17.2 Å². The molecule has 2 heterocycles. The number of rotatable bonds is 11. The van der Waals surface area contributed by atoms with Gasteiger partial charge in [-0.3, -0.25) is 9.36 Å². The summed E-state index contributed by atoms with van der Waals surface area (Å²) in [7, 11) is 3.09. The van der Waals surface area contributed by atoms with Crippen LogP contribution in [0.1, 0.15) is 44.9 Å². The van der Waals surface area contributed by atoms with Crippen LogP contribution < -0.4 is 29.1 Å². The Hall–Kier alpha value is -3.89. The van der Waals surface area contributed by atoms with Crippen molar-refractivity contribution in [2.45, 2.75) is 39.8 Å². The van der Waals surface area contributed by atoms with Gasteiger partial charge in [0, 0.05) is 12.7 Å². The number of allylic oxidation sites excluding steroid dienone is 1. The molecule has 0 saturated carbocycles. The van der Waals surface area contributed by atoms with Crippen LogP contribution >= 0.6 is 11.3 Å². The number of hydrogen-bond donors (Lipinski definition) is 0. The molecule has 0 N–H and O–H groups in total. The first kappa shape index (κ1) is 29.1. The summed E-state index contributed by atoms with van der Waals surface area (Å²) < 4.78 is 29.8. The van der Waals surface area contributed by atoms with Crippen LogP contribution in [0.25, 0.3) is 6.08 Å². The van der Waals surface area contributed by atoms with Gasteiger partial charge in [0.15, 0.2) is 16.3 Å². The highest BCUT2D eigenvalue weighted by atomic mass is 32.1. The number of benzene rings is 2. The lowest BCUT2D eigenvalue weighted by Crippen LogP contribution is -2.40. The van der Waals surface area contributed by atoms with Gasteiger partial charge in [0.25, 0.3) is 5.56 Å². The van der Waals surface area contributed by atoms with Gasteiger partial charge in [-0.15, -0.1) is 0 Å². The molecule has 0 fully saturated rings. The van der Waals surface area contributed by atoms with E-state index in [0.29, 0.717) is 44.4 Å². The molecule has 9 nitrogen and oxygen atoms in total. The van der Waals surface area contributed by atoms with Crippen molar-refractivity contribution >= 4 is 23.4 Å². The van der Waals surface area contributed by atoms with E-state index in [1.54, 1.807) is 26.2 Å². The summed E-state index contributed by atoms with van der Waals surface area (Å²) in [6.07, 6.45) is 1.78. The first-order valence-corrected chi connectivity index (χ1v) is 13.9. The van der Waals surface area contributed by atoms with E-state index in [1.807, 2.05) is 57.2 Å². The Kier molecular flexibility index (Phi) is 9.44. The van der Waals surface area contributed by atoms with Crippen molar-refractivity contribution in [1.82, 2.24) is 4.57 Å². The molecular weight excluding hydrogens is 532 g/mol. The normalized spacial score (nSPS) is 15.1. The third kappa shape index (κ3) is 6.13. The fourth-order valence-corrected chi connectivity index (χ4v) is 5.50. The van der Waals surface area contributed by atoms with Crippen molar-refractivity contribution < 1.29 is 28.5 Å². The third-order valence-corrected chi connectivity index (χ3v) is 7.11. The van der Waals surface area contributed by atoms with Crippen molar-refractivity contribution in [1.29, 1.82) is 0 Å². The molecule has 0 saturated heterocycles. The van der Waals surface area contributed by atoms with Gasteiger partial charge in [0.2, 0.25) is 0 Å². The van der Waals surface area contributed by atoms with Crippen LogP contribution in [0.4, 0.5) is 0 Å². The molecule has 1 unspecified atom stereocenters. The Morgan fingerprint density at radius 1 is 1.10 bits per heavy atom. The van der Waals surface area contributed by atoms with Crippen molar-refractivity contribution in [3.05, 3.63) is 84.5 Å². The maximum Gasteiger partial charge on any atom is 0.338 e. The summed E-state index contributed by atoms with van der Waals surface area (Å²) in [4.78, 5) is 32.4. The molecule has 0 bridgehead atoms. The van der Waals surface area contributed by atoms with Crippen molar-refractivity contribution in [3.63, 3.8) is 0 Å². The fourth-order valence-electron chi connectivity index (χ4n) is 4.45. The number of fused-ring (bicyclic) bond motifs is 1. The summed E-state index contributed by atoms with van der Waals surface area (Å²) in [5.74, 6) is 1.21. The first-order chi connectivity index (χ1) is 19.3. The van der Waals surface area contributed by atoms with Gasteiger partial charge in [-0.25, -0.2) is 9.79 Å². The molecule has 0 spiro atoms. The van der Waals surface area contributed by atoms with E-state index in [4.69, 9.17) is 23.7 Å². The number of aromatic nitrogens is 1. The van der Waals surface area contributed by atoms with E-state index in [9.17, 15) is 9.59 Å². The molecular formula is C30H34N2O7S. The average molecular weight is 567 g/mol. The molecule has 212 valence electrons. The first-order valence-electron chi connectivity index (χ1n) is 13.0. The van der Waals surface area contributed by atoms with E-state index in [-0.39, 0.29) is 30.5 Å². The zero-order valence-electron chi connectivity index (χ0n) is 23.6. The minimum atomic E-state index is -0.787. The van der Waals surface area contributed by atoms with Gasteiger partial charge in [-0.05, 0) is 57.5 Å². The number of nitrogens with zero attached hydrogens (tertiary/aromatic N) is 2. The number of carbonyl (C=O) groups is 1. The number of para-hydroxylation sites is 1. The lowest BCUT2D eigenvalue weighted by Gasteiger charge is -2.26. The summed E-state index contributed by atoms with van der Waals surface area (Å²) in [6.45, 7) is 8.35. The second-order valence-electron chi connectivity index (χ2n) is 9.26. The predicted molar refractivity (Wildman–Crippen MR) is 153 cm³/mol. The van der Waals surface area contributed by atoms with Gasteiger partial charge >= 0.3 is 5.97 Å². The number of thiazole rings is 1. The number of hydrogen-bond acceptors (Lipinski definition) is 9. The molecule has 2 aromatic carbocycles. The zero-order chi connectivity index (χ0) is 28.8. The largest absolute Gasteiger partial charge is 0.496 e. The van der Waals surface area contributed by atoms with Gasteiger partial charge in [-0.1, -0.05) is 35.6 Å². The molecule has 0 amide bonds. The number of ether oxygens (including phenoxy) is 5. The topological polar surface area (TPSA) is 97.6 Å². The van der Waals surface area contributed by atoms with Crippen LogP contribution in [0.5, 0.6) is 17.2 Å². The van der Waals surface area contributed by atoms with Gasteiger partial charge in [-0.2, -0.15) is 0 Å². The second kappa shape index (κ2) is 13.0. The van der Waals surface area contributed by atoms with Crippen LogP contribution in [-0.4, -0.2) is 50.7 Å². The molecule has 0 radical (unpaired) electrons. The lowest BCUT2D eigenvalue weighted by molar-refractivity contribution is -0.140. The minimum absolute atomic E-state index is 0.0117. The van der Waals surface area contributed by atoms with E-state index in [2.05, 4.69) is 4.99 Å². The quantitative estimate of drug-likeness (QED) is 0.258. The highest BCUT2D eigenvalue weighted by Gasteiger charge is 2.35. The van der Waals surface area contributed by atoms with Crippen molar-refractivity contribution in [2.24, 2.45) is 4.99 Å². The second-order valence-corrected chi connectivity index (χ2v) is 10.3. The molecule has 1 aliphatic heterocycles. The molecule has 0 aliphatic carbocycles. The number of carbonyl (C=O) groups excluding carboxylic acids is 1. The summed E-state index contributed by atoms with van der Waals surface area (Å²) >= 11 is 1.25. The van der Waals surface area contributed by atoms with E-state index >= 15 is 0 Å². The summed E-state index contributed by atoms with van der Waals surface area (Å²) in [6, 6.07) is 12.1. The van der Waals surface area contributed by atoms with Crippen LogP contribution in [0.3, 0.4) is 0 Å². The Morgan fingerprint density at radius 2 is 1.88 bits per heavy atom. The van der Waals surface area contributed by atoms with E-state index < -0.39 is 12.0 Å². The fraction of sp³-hybridized carbons (Fsp3) is 0.367. The SMILES string of the molecule is CCOc1cc(C=c2sc3n(c2=O)C(c2ccccc2OC)C(C(=O)OCCOC)=C(C)N=3)ccc1OC(C)C. The van der Waals surface area contributed by atoms with Gasteiger partial charge in [0.05, 0.1) is 42.2 Å². The molecule has 1 aliphatic rings. The van der Waals surface area contributed by atoms with Crippen LogP contribution in [0.2, 0.25) is 0 Å². The highest BCUT2D eigenvalue weighted by Crippen LogP contribution is 2.35. The average Bonchev–Trinajstić information content (AvgIpc) is 3.23. The smallest absolute Gasteiger partial charge is 0.338 e. The molecule has 10 heteroatoms. The Morgan fingerprint density at radius 3 is 2.58 bits per heavy atom. The summed E-state index contributed by atoms with van der Waals surface area (Å²) in [5, 5.41) is 0. The summed E-state index contributed by atoms with van der Waals surface area (Å²) in [5.41, 5.74) is 1.89. The molecule has 3 aromatic rings. The number of esters is 1. The zero-order valence-corrected chi connectivity index (χ0v) is 24.4. The van der Waals surface area contributed by atoms with Crippen molar-refractivity contribution in [2.75, 3.05) is 34.0 Å². The Bertz CT molecular complexity index is 1590. The van der Waals surface area contributed by atoms with Crippen LogP contribution in [0, 0.1) is 0 Å². The monoisotopic (exact) mass is 566 g/mol. The molecule has 1 aromatic heterocycles. The number of methoxy groups -OCH3 is 2. The minimum Gasteiger partial charge on any atom is -0.496 e. The van der Waals surface area contributed by atoms with Crippen LogP contribution in [-0.2, 0) is 14.3 Å². The third-order valence-electron chi connectivity index (χ3n) is 6.12. The van der Waals surface area contributed by atoms with E-state index in [0.717, 1.165) is 5.56 Å².